The predicted octanol–water partition coefficient (Wildman–Crippen LogP) is 1.23. The molecule has 0 aromatic rings. The Labute approximate surface area is 43.2 Å². The van der Waals surface area contributed by atoms with Gasteiger partial charge in [0, 0.05) is 0 Å². The summed E-state index contributed by atoms with van der Waals surface area (Å²) >= 11 is 0. The van der Waals surface area contributed by atoms with Gasteiger partial charge in [0.1, 0.15) is 0 Å². The summed E-state index contributed by atoms with van der Waals surface area (Å²) in [6.07, 6.45) is 7.61. The Hall–Kier alpha value is -1.14. The molecular weight excluding hydrogens is 84.1 g/mol. The summed E-state index contributed by atoms with van der Waals surface area (Å²) < 4.78 is 0. The van der Waals surface area contributed by atoms with Crippen molar-refractivity contribution in [1.29, 1.82) is 0 Å². The minimum absolute atomic E-state index is 1.29. The zero-order valence-corrected chi connectivity index (χ0v) is 3.78. The van der Waals surface area contributed by atoms with E-state index in [9.17, 15) is 0 Å². The van der Waals surface area contributed by atoms with E-state index in [1.54, 1.807) is 0 Å². The Kier molecular flexibility index (Phi) is 4.07. The van der Waals surface area contributed by atoms with Crippen molar-refractivity contribution in [2.45, 2.75) is 0 Å². The average molecular weight is 87.1 g/mol. The first-order valence-electron chi connectivity index (χ1n) is 1.68. The molecule has 0 saturated carbocycles. The van der Waals surface area contributed by atoms with Crippen LogP contribution in [0.1, 0.15) is 0 Å². The quantitative estimate of drug-likeness (QED) is 0.237. The molecule has 0 unspecified atom stereocenters. The van der Waals surface area contributed by atoms with Crippen molar-refractivity contribution in [3.8, 4) is 5.92 Å². The van der Waals surface area contributed by atoms with Crippen LogP contribution in [0.2, 0.25) is 0 Å². The first-order valence-corrected chi connectivity index (χ1v) is 1.68. The van der Waals surface area contributed by atoms with E-state index in [1.807, 2.05) is 5.92 Å². The first-order chi connectivity index (χ1) is 3.41. The van der Waals surface area contributed by atoms with Gasteiger partial charge >= 0.3 is 42.2 Å². The molecule has 30 valence electrons. The van der Waals surface area contributed by atoms with Crippen molar-refractivity contribution in [1.82, 2.24) is 0 Å². The molecule has 0 nitrogen and oxygen atoms in total. The molecular formula is C7H3+. The van der Waals surface area contributed by atoms with Crippen LogP contribution in [0.3, 0.4) is 0 Å². The molecule has 0 amide bonds. The summed E-state index contributed by atoms with van der Waals surface area (Å²) in [6, 6.07) is 0. The van der Waals surface area contributed by atoms with Crippen LogP contribution >= 0.6 is 0 Å². The van der Waals surface area contributed by atoms with E-state index in [-0.39, 0.29) is 0 Å². The molecule has 0 radical (unpaired) electrons. The number of allylic oxidation sites excluding steroid dienone is 1. The number of rotatable bonds is 0. The van der Waals surface area contributed by atoms with Crippen molar-refractivity contribution in [2.24, 2.45) is 0 Å². The molecule has 0 aromatic carbocycles. The summed E-state index contributed by atoms with van der Waals surface area (Å²) in [5.74, 6) is 1.99. The van der Waals surface area contributed by atoms with E-state index in [0.717, 1.165) is 0 Å². The topological polar surface area (TPSA) is 0 Å². The summed E-state index contributed by atoms with van der Waals surface area (Å²) in [4.78, 5) is 0. The van der Waals surface area contributed by atoms with Crippen molar-refractivity contribution < 1.29 is 0 Å². The third-order valence-electron chi connectivity index (χ3n) is 0.305. The molecule has 0 heterocycles. The van der Waals surface area contributed by atoms with Gasteiger partial charge in [-0.05, 0) is 0 Å². The van der Waals surface area contributed by atoms with Gasteiger partial charge in [0.05, 0.1) is 0 Å². The van der Waals surface area contributed by atoms with Gasteiger partial charge in [0.2, 0.25) is 0 Å². The Morgan fingerprint density at radius 3 is 2.71 bits per heavy atom. The van der Waals surface area contributed by atoms with Crippen molar-refractivity contribution in [3.05, 3.63) is 36.3 Å². The molecule has 0 aliphatic carbocycles. The van der Waals surface area contributed by atoms with Crippen LogP contribution in [0.4, 0.5) is 0 Å². The molecule has 0 saturated heterocycles. The molecule has 0 aromatic heterocycles. The average Bonchev–Trinajstić information content (AvgIpc) is 1.69. The Morgan fingerprint density at radius 1 is 1.57 bits per heavy atom. The Balaban J connectivity index is 4.27. The SMILES string of the molecule is [C+]#CC=C=C=C=C. The summed E-state index contributed by atoms with van der Waals surface area (Å²) in [7, 11) is 0. The molecule has 0 bridgehead atoms. The summed E-state index contributed by atoms with van der Waals surface area (Å²) in [5.41, 5.74) is 7.17. The van der Waals surface area contributed by atoms with E-state index in [1.165, 1.54) is 6.08 Å². The van der Waals surface area contributed by atoms with Gasteiger partial charge in [-0.3, -0.25) is 0 Å². The van der Waals surface area contributed by atoms with Crippen molar-refractivity contribution in [2.75, 3.05) is 0 Å². The van der Waals surface area contributed by atoms with Crippen LogP contribution in [0.25, 0.3) is 0 Å². The van der Waals surface area contributed by atoms with Gasteiger partial charge in [-0.2, -0.15) is 0 Å². The fraction of sp³-hybridized carbons (Fsp3) is 0. The molecule has 7 heavy (non-hydrogen) atoms. The third-order valence-corrected chi connectivity index (χ3v) is 0.305. The molecule has 0 N–H and O–H groups in total. The number of hydrogen-bond donors (Lipinski definition) is 0. The van der Waals surface area contributed by atoms with Crippen LogP contribution in [-0.4, -0.2) is 0 Å². The van der Waals surface area contributed by atoms with Crippen molar-refractivity contribution in [3.63, 3.8) is 0 Å². The first kappa shape index (κ1) is 5.86. The van der Waals surface area contributed by atoms with E-state index in [2.05, 4.69) is 23.8 Å². The molecule has 0 aliphatic rings. The molecule has 0 spiro atoms. The van der Waals surface area contributed by atoms with Crippen LogP contribution in [0.5, 0.6) is 0 Å². The monoisotopic (exact) mass is 87.0 g/mol. The van der Waals surface area contributed by atoms with E-state index < -0.39 is 0 Å². The van der Waals surface area contributed by atoms with Gasteiger partial charge < -0.3 is 0 Å². The number of hydrogen-bond acceptors (Lipinski definition) is 0. The predicted molar refractivity (Wildman–Crippen MR) is 27.9 cm³/mol. The normalized spacial score (nSPS) is 4.29. The van der Waals surface area contributed by atoms with E-state index >= 15 is 0 Å². The zero-order chi connectivity index (χ0) is 5.54. The maximum atomic E-state index is 6.32. The Morgan fingerprint density at radius 2 is 2.29 bits per heavy atom. The molecule has 0 aliphatic heterocycles. The second-order valence-corrected chi connectivity index (χ2v) is 0.735. The van der Waals surface area contributed by atoms with Crippen molar-refractivity contribution >= 4 is 0 Å². The van der Waals surface area contributed by atoms with Crippen LogP contribution in [0.15, 0.2) is 29.8 Å². The molecule has 0 atom stereocenters. The Bertz CT molecular complexity index is 185. The summed E-state index contributed by atoms with van der Waals surface area (Å²) in [6.45, 7) is 3.22. The standard InChI is InChI=1S/C7H3/c1-3-5-7-6-4-2/h6H,1H2/q+1. The van der Waals surface area contributed by atoms with Crippen LogP contribution < -0.4 is 0 Å². The van der Waals surface area contributed by atoms with Gasteiger partial charge in [0.25, 0.3) is 0 Å². The zero-order valence-electron chi connectivity index (χ0n) is 3.78. The van der Waals surface area contributed by atoms with Crippen LogP contribution in [0, 0.1) is 12.3 Å². The van der Waals surface area contributed by atoms with Crippen LogP contribution in [-0.2, 0) is 0 Å². The summed E-state index contributed by atoms with van der Waals surface area (Å²) in [5, 5.41) is 0. The fourth-order valence-corrected chi connectivity index (χ4v) is 0.123. The minimum atomic E-state index is 1.29. The molecule has 0 heteroatoms. The van der Waals surface area contributed by atoms with Gasteiger partial charge in [-0.1, -0.05) is 0 Å². The van der Waals surface area contributed by atoms with Gasteiger partial charge in [-0.15, -0.1) is 0 Å². The second kappa shape index (κ2) is 4.86. The van der Waals surface area contributed by atoms with Gasteiger partial charge in [0.15, 0.2) is 0 Å². The fourth-order valence-electron chi connectivity index (χ4n) is 0.123. The van der Waals surface area contributed by atoms with E-state index in [4.69, 9.17) is 6.42 Å². The van der Waals surface area contributed by atoms with Gasteiger partial charge in [-0.25, -0.2) is 0 Å². The maximum absolute atomic E-state index is 6.32. The molecule has 0 fully saturated rings. The third kappa shape index (κ3) is 4.86. The second-order valence-electron chi connectivity index (χ2n) is 0.735. The molecule has 0 rings (SSSR count). The van der Waals surface area contributed by atoms with E-state index in [0.29, 0.717) is 0 Å².